The highest BCUT2D eigenvalue weighted by Gasteiger charge is 2.31. The number of carbonyl (C=O) groups is 1. The SMILES string of the molecule is CC(C)c1cc(C(=O)NCC(c2ccc(C(F)(F)F)cc2)N2CCOCC2)n[nH]1. The number of benzene rings is 1. The molecule has 0 spiro atoms. The van der Waals surface area contributed by atoms with Gasteiger partial charge in [0.05, 0.1) is 24.8 Å². The van der Waals surface area contributed by atoms with E-state index in [1.807, 2.05) is 13.8 Å². The molecule has 1 atom stereocenters. The number of nitrogens with one attached hydrogen (secondary N) is 2. The Morgan fingerprint density at radius 3 is 2.45 bits per heavy atom. The van der Waals surface area contributed by atoms with Gasteiger partial charge >= 0.3 is 6.18 Å². The van der Waals surface area contributed by atoms with Crippen molar-refractivity contribution in [3.8, 4) is 0 Å². The van der Waals surface area contributed by atoms with Gasteiger partial charge in [-0.2, -0.15) is 18.3 Å². The molecule has 1 aromatic heterocycles. The molecule has 2 aromatic rings. The Bertz CT molecular complexity index is 812. The normalized spacial score (nSPS) is 16.8. The summed E-state index contributed by atoms with van der Waals surface area (Å²) in [6.07, 6.45) is -4.38. The molecule has 2 heterocycles. The molecule has 0 aliphatic carbocycles. The van der Waals surface area contributed by atoms with Crippen molar-refractivity contribution in [2.75, 3.05) is 32.8 Å². The van der Waals surface area contributed by atoms with Gasteiger partial charge in [-0.3, -0.25) is 14.8 Å². The van der Waals surface area contributed by atoms with E-state index in [4.69, 9.17) is 4.74 Å². The smallest absolute Gasteiger partial charge is 0.379 e. The van der Waals surface area contributed by atoms with E-state index in [2.05, 4.69) is 20.4 Å². The summed E-state index contributed by atoms with van der Waals surface area (Å²) in [7, 11) is 0. The minimum absolute atomic E-state index is 0.220. The molecule has 1 fully saturated rings. The highest BCUT2D eigenvalue weighted by Crippen LogP contribution is 2.31. The molecule has 29 heavy (non-hydrogen) atoms. The summed E-state index contributed by atoms with van der Waals surface area (Å²) >= 11 is 0. The third-order valence-electron chi connectivity index (χ3n) is 5.02. The minimum atomic E-state index is -4.38. The molecule has 1 unspecified atom stereocenters. The van der Waals surface area contributed by atoms with Gasteiger partial charge < -0.3 is 10.1 Å². The third kappa shape index (κ3) is 5.36. The molecular weight excluding hydrogens is 385 g/mol. The second kappa shape index (κ2) is 8.96. The van der Waals surface area contributed by atoms with Crippen molar-refractivity contribution in [2.24, 2.45) is 0 Å². The van der Waals surface area contributed by atoms with E-state index < -0.39 is 11.7 Å². The molecule has 3 rings (SSSR count). The largest absolute Gasteiger partial charge is 0.416 e. The Balaban J connectivity index is 1.74. The van der Waals surface area contributed by atoms with Crippen LogP contribution in [0.4, 0.5) is 13.2 Å². The van der Waals surface area contributed by atoms with E-state index in [1.165, 1.54) is 12.1 Å². The van der Waals surface area contributed by atoms with Gasteiger partial charge in [0.15, 0.2) is 0 Å². The number of hydrogen-bond acceptors (Lipinski definition) is 4. The molecule has 1 aliphatic rings. The molecule has 1 aliphatic heterocycles. The van der Waals surface area contributed by atoms with Crippen LogP contribution in [0.3, 0.4) is 0 Å². The first kappa shape index (κ1) is 21.3. The molecule has 0 bridgehead atoms. The second-order valence-corrected chi connectivity index (χ2v) is 7.36. The summed E-state index contributed by atoms with van der Waals surface area (Å²) in [5, 5.41) is 9.75. The Morgan fingerprint density at radius 1 is 1.24 bits per heavy atom. The molecule has 1 aromatic carbocycles. The van der Waals surface area contributed by atoms with Gasteiger partial charge in [0.1, 0.15) is 5.69 Å². The third-order valence-corrected chi connectivity index (χ3v) is 5.02. The summed E-state index contributed by atoms with van der Waals surface area (Å²) in [5.74, 6) is -0.101. The first-order valence-corrected chi connectivity index (χ1v) is 9.58. The van der Waals surface area contributed by atoms with Crippen molar-refractivity contribution < 1.29 is 22.7 Å². The standard InChI is InChI=1S/C20H25F3N4O2/c1-13(2)16-11-17(26-25-16)19(28)24-12-18(27-7-9-29-10-8-27)14-3-5-15(6-4-14)20(21,22)23/h3-6,11,13,18H,7-10,12H2,1-2H3,(H,24,28)(H,25,26). The second-order valence-electron chi connectivity index (χ2n) is 7.36. The van der Waals surface area contributed by atoms with Crippen LogP contribution in [0.25, 0.3) is 0 Å². The Morgan fingerprint density at radius 2 is 1.90 bits per heavy atom. The zero-order chi connectivity index (χ0) is 21.0. The summed E-state index contributed by atoms with van der Waals surface area (Å²) in [6, 6.07) is 6.55. The molecule has 9 heteroatoms. The van der Waals surface area contributed by atoms with Crippen molar-refractivity contribution >= 4 is 5.91 Å². The first-order valence-electron chi connectivity index (χ1n) is 9.58. The molecule has 6 nitrogen and oxygen atoms in total. The van der Waals surface area contributed by atoms with Crippen LogP contribution >= 0.6 is 0 Å². The van der Waals surface area contributed by atoms with Gasteiger partial charge in [-0.15, -0.1) is 0 Å². The minimum Gasteiger partial charge on any atom is -0.379 e. The summed E-state index contributed by atoms with van der Waals surface area (Å²) in [5.41, 5.74) is 1.18. The summed E-state index contributed by atoms with van der Waals surface area (Å²) in [6.45, 7) is 6.61. The molecule has 2 N–H and O–H groups in total. The zero-order valence-corrected chi connectivity index (χ0v) is 16.4. The van der Waals surface area contributed by atoms with Crippen molar-refractivity contribution in [1.82, 2.24) is 20.4 Å². The van der Waals surface area contributed by atoms with Crippen LogP contribution < -0.4 is 5.32 Å². The lowest BCUT2D eigenvalue weighted by atomic mass is 10.0. The average molecular weight is 410 g/mol. The van der Waals surface area contributed by atoms with Gasteiger partial charge in [-0.25, -0.2) is 0 Å². The maximum atomic E-state index is 12.9. The van der Waals surface area contributed by atoms with E-state index in [-0.39, 0.29) is 24.4 Å². The van der Waals surface area contributed by atoms with Crippen LogP contribution in [0.2, 0.25) is 0 Å². The van der Waals surface area contributed by atoms with Gasteiger partial charge in [0.2, 0.25) is 0 Å². The highest BCUT2D eigenvalue weighted by molar-refractivity contribution is 5.92. The molecule has 0 saturated carbocycles. The number of carbonyl (C=O) groups excluding carboxylic acids is 1. The summed E-state index contributed by atoms with van der Waals surface area (Å²) in [4.78, 5) is 14.6. The maximum absolute atomic E-state index is 12.9. The van der Waals surface area contributed by atoms with Gasteiger partial charge in [0, 0.05) is 25.3 Å². The number of rotatable bonds is 6. The number of ether oxygens (including phenoxy) is 1. The predicted molar refractivity (Wildman–Crippen MR) is 102 cm³/mol. The fourth-order valence-electron chi connectivity index (χ4n) is 3.27. The van der Waals surface area contributed by atoms with Gasteiger partial charge in [-0.1, -0.05) is 26.0 Å². The van der Waals surface area contributed by atoms with Crippen molar-refractivity contribution in [3.05, 3.63) is 52.8 Å². The van der Waals surface area contributed by atoms with Crippen LogP contribution in [0.1, 0.15) is 53.1 Å². The van der Waals surface area contributed by atoms with E-state index in [1.54, 1.807) is 6.07 Å². The van der Waals surface area contributed by atoms with Crippen LogP contribution in [0.15, 0.2) is 30.3 Å². The number of aromatic amines is 1. The molecule has 158 valence electrons. The number of hydrogen-bond donors (Lipinski definition) is 2. The molecule has 0 radical (unpaired) electrons. The van der Waals surface area contributed by atoms with Crippen LogP contribution in [0.5, 0.6) is 0 Å². The highest BCUT2D eigenvalue weighted by atomic mass is 19.4. The lowest BCUT2D eigenvalue weighted by Crippen LogP contribution is -2.43. The molecule has 1 saturated heterocycles. The number of halogens is 3. The number of alkyl halides is 3. The van der Waals surface area contributed by atoms with E-state index in [0.29, 0.717) is 37.6 Å². The predicted octanol–water partition coefficient (Wildman–Crippen LogP) is 3.36. The first-order chi connectivity index (χ1) is 13.8. The Labute approximate surface area is 167 Å². The summed E-state index contributed by atoms with van der Waals surface area (Å²) < 4.78 is 44.0. The van der Waals surface area contributed by atoms with Crippen LogP contribution in [-0.4, -0.2) is 53.9 Å². The van der Waals surface area contributed by atoms with E-state index >= 15 is 0 Å². The lowest BCUT2D eigenvalue weighted by molar-refractivity contribution is -0.137. The Hall–Kier alpha value is -2.39. The Kier molecular flexibility index (Phi) is 6.59. The zero-order valence-electron chi connectivity index (χ0n) is 16.4. The molecular formula is C20H25F3N4O2. The number of amides is 1. The fourth-order valence-corrected chi connectivity index (χ4v) is 3.27. The van der Waals surface area contributed by atoms with Crippen LogP contribution in [0, 0.1) is 0 Å². The number of nitrogens with zero attached hydrogens (tertiary/aromatic N) is 2. The monoisotopic (exact) mass is 410 g/mol. The van der Waals surface area contributed by atoms with Crippen molar-refractivity contribution in [2.45, 2.75) is 32.0 Å². The quantitative estimate of drug-likeness (QED) is 0.766. The van der Waals surface area contributed by atoms with Crippen molar-refractivity contribution in [1.29, 1.82) is 0 Å². The van der Waals surface area contributed by atoms with E-state index in [9.17, 15) is 18.0 Å². The van der Waals surface area contributed by atoms with E-state index in [0.717, 1.165) is 17.8 Å². The van der Waals surface area contributed by atoms with Gasteiger partial charge in [0.25, 0.3) is 5.91 Å². The number of morpholine rings is 1. The fraction of sp³-hybridized carbons (Fsp3) is 0.500. The maximum Gasteiger partial charge on any atom is 0.416 e. The lowest BCUT2D eigenvalue weighted by Gasteiger charge is -2.35. The van der Waals surface area contributed by atoms with Crippen LogP contribution in [-0.2, 0) is 10.9 Å². The van der Waals surface area contributed by atoms with Crippen molar-refractivity contribution in [3.63, 3.8) is 0 Å². The number of H-pyrrole nitrogens is 1. The topological polar surface area (TPSA) is 70.2 Å². The van der Waals surface area contributed by atoms with Gasteiger partial charge in [-0.05, 0) is 29.7 Å². The molecule has 1 amide bonds. The number of aromatic nitrogens is 2. The average Bonchev–Trinajstić information content (AvgIpc) is 3.19.